The van der Waals surface area contributed by atoms with Crippen LogP contribution < -0.4 is 5.56 Å². The molecule has 0 unspecified atom stereocenters. The number of pyridine rings is 1. The smallest absolute Gasteiger partial charge is 0.289 e. The van der Waals surface area contributed by atoms with Crippen molar-refractivity contribution in [2.24, 2.45) is 0 Å². The first-order valence-corrected chi connectivity index (χ1v) is 9.40. The highest BCUT2D eigenvalue weighted by Gasteiger charge is 2.31. The summed E-state index contributed by atoms with van der Waals surface area (Å²) in [5.74, 6) is 0. The normalized spacial score (nSPS) is 11.6. The molecule has 2 aromatic rings. The van der Waals surface area contributed by atoms with Gasteiger partial charge in [0.1, 0.15) is 0 Å². The van der Waals surface area contributed by atoms with Crippen molar-refractivity contribution < 1.29 is 13.3 Å². The third-order valence-electron chi connectivity index (χ3n) is 3.19. The summed E-state index contributed by atoms with van der Waals surface area (Å²) in [6.45, 7) is -0.0125. The molecule has 0 fully saturated rings. The highest BCUT2D eigenvalue weighted by Crippen LogP contribution is 2.27. The van der Waals surface area contributed by atoms with Crippen LogP contribution >= 0.6 is 15.9 Å². The summed E-state index contributed by atoms with van der Waals surface area (Å²) < 4.78 is 26.8. The Morgan fingerprint density at radius 2 is 1.88 bits per heavy atom. The number of alkyl halides is 1. The van der Waals surface area contributed by atoms with Crippen LogP contribution in [0.5, 0.6) is 0 Å². The van der Waals surface area contributed by atoms with E-state index in [4.69, 9.17) is 0 Å². The van der Waals surface area contributed by atoms with Gasteiger partial charge in [0.15, 0.2) is 4.90 Å². The molecule has 1 aromatic heterocycles. The van der Waals surface area contributed by atoms with Crippen molar-refractivity contribution in [2.45, 2.75) is 11.4 Å². The number of H-pyrrole nitrogens is 1. The first kappa shape index (κ1) is 18.3. The predicted molar refractivity (Wildman–Crippen MR) is 91.5 cm³/mol. The van der Waals surface area contributed by atoms with Crippen molar-refractivity contribution in [2.75, 3.05) is 11.9 Å². The average molecular weight is 416 g/mol. The van der Waals surface area contributed by atoms with E-state index in [1.54, 1.807) is 6.07 Å². The Labute approximate surface area is 146 Å². The SMILES string of the molecule is O=c1cccc(CN(CCBr)S(=O)(=O)c2ccccc2[N+](=O)[O-])[nH]1. The summed E-state index contributed by atoms with van der Waals surface area (Å²) in [6, 6.07) is 9.58. The highest BCUT2D eigenvalue weighted by molar-refractivity contribution is 9.09. The van der Waals surface area contributed by atoms with Gasteiger partial charge in [-0.25, -0.2) is 8.42 Å². The lowest BCUT2D eigenvalue weighted by atomic mass is 10.3. The van der Waals surface area contributed by atoms with E-state index in [1.165, 1.54) is 30.3 Å². The lowest BCUT2D eigenvalue weighted by molar-refractivity contribution is -0.387. The fourth-order valence-corrected chi connectivity index (χ4v) is 4.36. The first-order chi connectivity index (χ1) is 11.4. The van der Waals surface area contributed by atoms with Crippen LogP contribution in [-0.2, 0) is 16.6 Å². The molecule has 128 valence electrons. The molecule has 0 aliphatic heterocycles. The van der Waals surface area contributed by atoms with Crippen LogP contribution in [-0.4, -0.2) is 34.5 Å². The first-order valence-electron chi connectivity index (χ1n) is 6.84. The van der Waals surface area contributed by atoms with Crippen molar-refractivity contribution in [3.8, 4) is 0 Å². The largest absolute Gasteiger partial charge is 0.325 e. The third kappa shape index (κ3) is 4.08. The van der Waals surface area contributed by atoms with Crippen LogP contribution in [0.25, 0.3) is 0 Å². The number of nitrogens with one attached hydrogen (secondary N) is 1. The molecule has 0 aliphatic carbocycles. The molecule has 2 rings (SSSR count). The molecule has 1 aromatic carbocycles. The predicted octanol–water partition coefficient (Wildman–Crippen LogP) is 1.87. The van der Waals surface area contributed by atoms with E-state index >= 15 is 0 Å². The number of aromatic amines is 1. The highest BCUT2D eigenvalue weighted by atomic mass is 79.9. The number of nitro groups is 1. The number of aromatic nitrogens is 1. The third-order valence-corrected chi connectivity index (χ3v) is 5.44. The van der Waals surface area contributed by atoms with Crippen LogP contribution in [0.2, 0.25) is 0 Å². The van der Waals surface area contributed by atoms with Crippen molar-refractivity contribution in [3.63, 3.8) is 0 Å². The molecule has 8 nitrogen and oxygen atoms in total. The zero-order chi connectivity index (χ0) is 17.7. The Kier molecular flexibility index (Phi) is 5.86. The molecular weight excluding hydrogens is 402 g/mol. The van der Waals surface area contributed by atoms with Crippen molar-refractivity contribution in [1.82, 2.24) is 9.29 Å². The van der Waals surface area contributed by atoms with E-state index in [0.29, 0.717) is 11.0 Å². The Morgan fingerprint density at radius 1 is 1.17 bits per heavy atom. The maximum Gasteiger partial charge on any atom is 0.289 e. The fourth-order valence-electron chi connectivity index (χ4n) is 2.12. The van der Waals surface area contributed by atoms with E-state index in [9.17, 15) is 23.3 Å². The van der Waals surface area contributed by atoms with E-state index in [-0.39, 0.29) is 23.5 Å². The topological polar surface area (TPSA) is 113 Å². The molecule has 1 heterocycles. The van der Waals surface area contributed by atoms with Gasteiger partial charge in [-0.15, -0.1) is 0 Å². The van der Waals surface area contributed by atoms with Gasteiger partial charge >= 0.3 is 0 Å². The van der Waals surface area contributed by atoms with Gasteiger partial charge in [-0.1, -0.05) is 34.1 Å². The molecule has 0 amide bonds. The molecule has 0 radical (unpaired) electrons. The monoisotopic (exact) mass is 415 g/mol. The lowest BCUT2D eigenvalue weighted by Crippen LogP contribution is -2.33. The number of sulfonamides is 1. The van der Waals surface area contributed by atoms with Crippen molar-refractivity contribution in [3.05, 3.63) is 68.6 Å². The molecular formula is C14H14BrN3O5S. The minimum Gasteiger partial charge on any atom is -0.325 e. The average Bonchev–Trinajstić information content (AvgIpc) is 2.54. The minimum absolute atomic E-state index is 0.0886. The van der Waals surface area contributed by atoms with Crippen LogP contribution in [0.4, 0.5) is 5.69 Å². The number of para-hydroxylation sites is 1. The summed E-state index contributed by atoms with van der Waals surface area (Å²) in [4.78, 5) is 23.9. The van der Waals surface area contributed by atoms with Gasteiger partial charge in [-0.05, 0) is 12.1 Å². The maximum atomic E-state index is 12.8. The van der Waals surface area contributed by atoms with E-state index in [2.05, 4.69) is 20.9 Å². The summed E-state index contributed by atoms with van der Waals surface area (Å²) in [7, 11) is -4.11. The van der Waals surface area contributed by atoms with Crippen molar-refractivity contribution in [1.29, 1.82) is 0 Å². The van der Waals surface area contributed by atoms with Crippen LogP contribution in [0.15, 0.2) is 52.2 Å². The summed E-state index contributed by atoms with van der Waals surface area (Å²) >= 11 is 3.18. The molecule has 0 bridgehead atoms. The summed E-state index contributed by atoms with van der Waals surface area (Å²) in [5.41, 5.74) is -0.446. The van der Waals surface area contributed by atoms with Gasteiger partial charge in [-0.3, -0.25) is 14.9 Å². The van der Waals surface area contributed by atoms with E-state index in [1.807, 2.05) is 0 Å². The Morgan fingerprint density at radius 3 is 2.50 bits per heavy atom. The number of hydrogen-bond donors (Lipinski definition) is 1. The standard InChI is InChI=1S/C14H14BrN3O5S/c15-8-9-17(10-11-4-3-7-14(19)16-11)24(22,23)13-6-2-1-5-12(13)18(20)21/h1-7H,8-10H2,(H,16,19). The Hall–Kier alpha value is -2.04. The second-order valence-electron chi connectivity index (χ2n) is 4.79. The number of nitro benzene ring substituents is 1. The van der Waals surface area contributed by atoms with E-state index < -0.39 is 20.6 Å². The van der Waals surface area contributed by atoms with Crippen LogP contribution in [0.1, 0.15) is 5.69 Å². The van der Waals surface area contributed by atoms with Crippen molar-refractivity contribution >= 4 is 31.6 Å². The molecule has 24 heavy (non-hydrogen) atoms. The van der Waals surface area contributed by atoms with Gasteiger partial charge < -0.3 is 4.98 Å². The van der Waals surface area contributed by atoms with Gasteiger partial charge in [-0.2, -0.15) is 4.31 Å². The minimum atomic E-state index is -4.11. The van der Waals surface area contributed by atoms with E-state index in [0.717, 1.165) is 10.4 Å². The molecule has 10 heteroatoms. The lowest BCUT2D eigenvalue weighted by Gasteiger charge is -2.21. The van der Waals surface area contributed by atoms with Gasteiger partial charge in [0.25, 0.3) is 5.69 Å². The Bertz CT molecular complexity index is 897. The zero-order valence-corrected chi connectivity index (χ0v) is 14.8. The maximum absolute atomic E-state index is 12.8. The summed E-state index contributed by atoms with van der Waals surface area (Å²) in [5, 5.41) is 11.5. The quantitative estimate of drug-likeness (QED) is 0.421. The molecule has 0 saturated carbocycles. The van der Waals surface area contributed by atoms with Gasteiger partial charge in [0.2, 0.25) is 15.6 Å². The number of halogens is 1. The molecule has 0 aliphatic rings. The number of benzene rings is 1. The molecule has 1 N–H and O–H groups in total. The Balaban J connectivity index is 2.46. The van der Waals surface area contributed by atoms with Gasteiger partial charge in [0, 0.05) is 29.7 Å². The molecule has 0 atom stereocenters. The molecule has 0 saturated heterocycles. The van der Waals surface area contributed by atoms with Crippen LogP contribution in [0.3, 0.4) is 0 Å². The summed E-state index contributed by atoms with van der Waals surface area (Å²) in [6.07, 6.45) is 0. The van der Waals surface area contributed by atoms with Crippen LogP contribution in [0, 0.1) is 10.1 Å². The number of rotatable bonds is 7. The number of nitrogens with zero attached hydrogens (tertiary/aromatic N) is 2. The number of hydrogen-bond acceptors (Lipinski definition) is 5. The second-order valence-corrected chi connectivity index (χ2v) is 7.49. The zero-order valence-electron chi connectivity index (χ0n) is 12.4. The second kappa shape index (κ2) is 7.69. The molecule has 0 spiro atoms. The fraction of sp³-hybridized carbons (Fsp3) is 0.214. The van der Waals surface area contributed by atoms with Gasteiger partial charge in [0.05, 0.1) is 11.5 Å².